The normalized spacial score (nSPS) is 17.9. The second kappa shape index (κ2) is 6.34. The highest BCUT2D eigenvalue weighted by Crippen LogP contribution is 2.40. The molecule has 0 radical (unpaired) electrons. The molecule has 2 fully saturated rings. The smallest absolute Gasteiger partial charge is 0.175 e. The molecule has 0 amide bonds. The van der Waals surface area contributed by atoms with Gasteiger partial charge in [-0.3, -0.25) is 0 Å². The van der Waals surface area contributed by atoms with Gasteiger partial charge in [-0.25, -0.2) is 14.6 Å². The molecule has 0 N–H and O–H groups in total. The van der Waals surface area contributed by atoms with Crippen LogP contribution in [0.2, 0.25) is 0 Å². The molecule has 5 rings (SSSR count). The fourth-order valence-corrected chi connectivity index (χ4v) is 3.31. The Kier molecular flexibility index (Phi) is 3.83. The predicted octanol–water partition coefficient (Wildman–Crippen LogP) is 2.50. The van der Waals surface area contributed by atoms with E-state index in [0.29, 0.717) is 25.7 Å². The third kappa shape index (κ3) is 2.83. The van der Waals surface area contributed by atoms with Crippen molar-refractivity contribution in [3.63, 3.8) is 0 Å². The van der Waals surface area contributed by atoms with Gasteiger partial charge in [0.25, 0.3) is 0 Å². The van der Waals surface area contributed by atoms with Crippen molar-refractivity contribution in [1.82, 2.24) is 19.7 Å². The maximum atomic E-state index is 5.59. The number of benzene rings is 1. The summed E-state index contributed by atoms with van der Waals surface area (Å²) in [7, 11) is 2.02. The van der Waals surface area contributed by atoms with Crippen LogP contribution in [0.25, 0.3) is 16.7 Å². The number of fused-ring (bicyclic) bond motifs is 1. The van der Waals surface area contributed by atoms with Crippen LogP contribution in [0.3, 0.4) is 0 Å². The van der Waals surface area contributed by atoms with Crippen molar-refractivity contribution in [1.29, 1.82) is 0 Å². The lowest BCUT2D eigenvalue weighted by atomic mass is 10.3. The first-order valence-electron chi connectivity index (χ1n) is 9.05. The first-order valence-corrected chi connectivity index (χ1v) is 9.05. The van der Waals surface area contributed by atoms with Gasteiger partial charge in [0, 0.05) is 13.0 Å². The second-order valence-electron chi connectivity index (χ2n) is 6.86. The molecule has 1 saturated heterocycles. The Balaban J connectivity index is 1.59. The number of para-hydroxylation sites is 1. The number of hydrogen-bond donors (Lipinski definition) is 0. The number of hydrogen-bond acceptors (Lipinski definition) is 6. The Hall–Kier alpha value is -2.51. The molecule has 134 valence electrons. The zero-order valence-corrected chi connectivity index (χ0v) is 14.7. The maximum Gasteiger partial charge on any atom is 0.175 e. The van der Waals surface area contributed by atoms with Crippen LogP contribution < -0.4 is 4.90 Å². The summed E-state index contributed by atoms with van der Waals surface area (Å²) in [5, 5.41) is 5.53. The molecule has 1 saturated carbocycles. The van der Waals surface area contributed by atoms with Gasteiger partial charge in [0.2, 0.25) is 0 Å². The zero-order valence-electron chi connectivity index (χ0n) is 14.7. The molecule has 0 bridgehead atoms. The van der Waals surface area contributed by atoms with E-state index in [0.717, 1.165) is 41.2 Å². The lowest BCUT2D eigenvalue weighted by Gasteiger charge is -2.22. The first kappa shape index (κ1) is 15.7. The van der Waals surface area contributed by atoms with Crippen molar-refractivity contribution >= 4 is 16.9 Å². The summed E-state index contributed by atoms with van der Waals surface area (Å²) in [6.07, 6.45) is 3.95. The minimum atomic E-state index is -0.210. The molecule has 0 unspecified atom stereocenters. The summed E-state index contributed by atoms with van der Waals surface area (Å²) in [4.78, 5) is 11.8. The van der Waals surface area contributed by atoms with Gasteiger partial charge in [0.15, 0.2) is 11.9 Å². The minimum absolute atomic E-state index is 0.210. The van der Waals surface area contributed by atoms with Gasteiger partial charge in [0.05, 0.1) is 37.0 Å². The lowest BCUT2D eigenvalue weighted by Crippen LogP contribution is -2.30. The number of anilines is 1. The highest BCUT2D eigenvalue weighted by Gasteiger charge is 2.30. The highest BCUT2D eigenvalue weighted by atomic mass is 16.7. The number of aromatic nitrogens is 4. The molecule has 26 heavy (non-hydrogen) atoms. The van der Waals surface area contributed by atoms with Gasteiger partial charge in [-0.15, -0.1) is 0 Å². The monoisotopic (exact) mass is 351 g/mol. The van der Waals surface area contributed by atoms with E-state index in [1.807, 2.05) is 48.3 Å². The van der Waals surface area contributed by atoms with Crippen molar-refractivity contribution in [3.05, 3.63) is 42.4 Å². The molecular formula is C19H21N5O2. The average molecular weight is 351 g/mol. The summed E-state index contributed by atoms with van der Waals surface area (Å²) in [6, 6.07) is 10.1. The van der Waals surface area contributed by atoms with E-state index in [1.54, 1.807) is 0 Å². The summed E-state index contributed by atoms with van der Waals surface area (Å²) in [5.74, 6) is 2.26. The number of likely N-dealkylation sites (N-methyl/N-ethyl adjacent to an activating group) is 1. The van der Waals surface area contributed by atoms with Crippen LogP contribution in [0.15, 0.2) is 36.5 Å². The molecule has 1 aliphatic heterocycles. The molecule has 7 heteroatoms. The van der Waals surface area contributed by atoms with Gasteiger partial charge in [-0.05, 0) is 25.0 Å². The van der Waals surface area contributed by atoms with Gasteiger partial charge < -0.3 is 14.4 Å². The Labute approximate surface area is 151 Å². The van der Waals surface area contributed by atoms with Crippen molar-refractivity contribution in [2.24, 2.45) is 0 Å². The quantitative estimate of drug-likeness (QED) is 0.704. The molecule has 2 aromatic heterocycles. The van der Waals surface area contributed by atoms with Gasteiger partial charge in [-0.2, -0.15) is 5.10 Å². The highest BCUT2D eigenvalue weighted by molar-refractivity contribution is 5.88. The lowest BCUT2D eigenvalue weighted by molar-refractivity contribution is -0.0336. The standard InChI is InChI=1S/C19H21N5O2/c1-23(12-16-25-9-10-26-16)18-15-11-20-24(14-5-3-2-4-6-14)19(15)22-17(21-18)13-7-8-13/h2-6,11,13,16H,7-10,12H2,1H3. The predicted molar refractivity (Wildman–Crippen MR) is 97.6 cm³/mol. The van der Waals surface area contributed by atoms with E-state index >= 15 is 0 Å². The fourth-order valence-electron chi connectivity index (χ4n) is 3.31. The molecule has 1 aromatic carbocycles. The summed E-state index contributed by atoms with van der Waals surface area (Å²) < 4.78 is 13.1. The molecule has 0 spiro atoms. The van der Waals surface area contributed by atoms with E-state index < -0.39 is 0 Å². The van der Waals surface area contributed by atoms with E-state index in [4.69, 9.17) is 19.4 Å². The molecule has 3 heterocycles. The third-order valence-electron chi connectivity index (χ3n) is 4.84. The Bertz CT molecular complexity index is 916. The van der Waals surface area contributed by atoms with Crippen molar-refractivity contribution in [2.75, 3.05) is 31.7 Å². The number of rotatable bonds is 5. The van der Waals surface area contributed by atoms with Gasteiger partial charge in [-0.1, -0.05) is 18.2 Å². The fraction of sp³-hybridized carbons (Fsp3) is 0.421. The van der Waals surface area contributed by atoms with Crippen LogP contribution in [0, 0.1) is 0 Å². The van der Waals surface area contributed by atoms with Crippen LogP contribution in [-0.2, 0) is 9.47 Å². The largest absolute Gasteiger partial charge is 0.354 e. The van der Waals surface area contributed by atoms with Gasteiger partial charge in [0.1, 0.15) is 11.6 Å². The van der Waals surface area contributed by atoms with Crippen molar-refractivity contribution < 1.29 is 9.47 Å². The second-order valence-corrected chi connectivity index (χ2v) is 6.86. The minimum Gasteiger partial charge on any atom is -0.354 e. The Morgan fingerprint density at radius 2 is 1.88 bits per heavy atom. The molecular weight excluding hydrogens is 330 g/mol. The van der Waals surface area contributed by atoms with E-state index in [2.05, 4.69) is 10.00 Å². The zero-order chi connectivity index (χ0) is 17.5. The summed E-state index contributed by atoms with van der Waals surface area (Å²) >= 11 is 0. The van der Waals surface area contributed by atoms with Crippen molar-refractivity contribution in [3.8, 4) is 5.69 Å². The van der Waals surface area contributed by atoms with E-state index in [1.165, 1.54) is 0 Å². The Morgan fingerprint density at radius 1 is 1.12 bits per heavy atom. The topological polar surface area (TPSA) is 65.3 Å². The maximum absolute atomic E-state index is 5.59. The van der Waals surface area contributed by atoms with Crippen LogP contribution in [0.5, 0.6) is 0 Å². The van der Waals surface area contributed by atoms with Crippen LogP contribution in [0.1, 0.15) is 24.6 Å². The SMILES string of the molecule is CN(CC1OCCO1)c1nc(C2CC2)nc2c1cnn2-c1ccccc1. The van der Waals surface area contributed by atoms with E-state index in [-0.39, 0.29) is 6.29 Å². The van der Waals surface area contributed by atoms with E-state index in [9.17, 15) is 0 Å². The van der Waals surface area contributed by atoms with Gasteiger partial charge >= 0.3 is 0 Å². The average Bonchev–Trinajstić information content (AvgIpc) is 3.23. The molecule has 3 aromatic rings. The van der Waals surface area contributed by atoms with Crippen LogP contribution >= 0.6 is 0 Å². The summed E-state index contributed by atoms with van der Waals surface area (Å²) in [6.45, 7) is 1.93. The van der Waals surface area contributed by atoms with Crippen molar-refractivity contribution in [2.45, 2.75) is 25.0 Å². The number of nitrogens with zero attached hydrogens (tertiary/aromatic N) is 5. The molecule has 0 atom stereocenters. The molecule has 2 aliphatic rings. The third-order valence-corrected chi connectivity index (χ3v) is 4.84. The summed E-state index contributed by atoms with van der Waals surface area (Å²) in [5.41, 5.74) is 1.85. The van der Waals surface area contributed by atoms with Crippen LogP contribution in [-0.4, -0.2) is 52.8 Å². The first-order chi connectivity index (χ1) is 12.8. The molecule has 1 aliphatic carbocycles. The van der Waals surface area contributed by atoms with Crippen LogP contribution in [0.4, 0.5) is 5.82 Å². The number of ether oxygens (including phenoxy) is 2. The Morgan fingerprint density at radius 3 is 2.62 bits per heavy atom. The molecule has 7 nitrogen and oxygen atoms in total.